The molecule has 1 aromatic carbocycles. The molecule has 76 valence electrons. The molecule has 2 aromatic rings. The van der Waals surface area contributed by atoms with Crippen LogP contribution in [0.5, 0.6) is 5.75 Å². The first kappa shape index (κ1) is 9.73. The average molecular weight is 224 g/mol. The predicted molar refractivity (Wildman–Crippen MR) is 55.4 cm³/mol. The number of nitrogens with zero attached hydrogens (tertiary/aromatic N) is 1. The molecule has 5 heteroatoms. The zero-order valence-corrected chi connectivity index (χ0v) is 8.19. The number of rotatable bonds is 1. The third kappa shape index (κ3) is 1.59. The number of benzene rings is 1. The highest BCUT2D eigenvalue weighted by atomic mass is 35.5. The fourth-order valence-electron chi connectivity index (χ4n) is 1.38. The molecule has 4 nitrogen and oxygen atoms in total. The van der Waals surface area contributed by atoms with Gasteiger partial charge in [0.15, 0.2) is 0 Å². The number of aromatic carboxylic acids is 1. The first-order valence-corrected chi connectivity index (χ1v) is 4.49. The van der Waals surface area contributed by atoms with Gasteiger partial charge in [0.25, 0.3) is 0 Å². The summed E-state index contributed by atoms with van der Waals surface area (Å²) in [6.45, 7) is 0. The van der Waals surface area contributed by atoms with Gasteiger partial charge in [0.05, 0.1) is 5.56 Å². The molecular weight excluding hydrogens is 218 g/mol. The number of aromatic nitrogens is 1. The normalized spacial score (nSPS) is 10.5. The van der Waals surface area contributed by atoms with Crippen molar-refractivity contribution in [1.82, 2.24) is 4.98 Å². The van der Waals surface area contributed by atoms with E-state index in [2.05, 4.69) is 4.98 Å². The molecule has 0 aliphatic heterocycles. The number of pyridine rings is 1. The molecule has 0 fully saturated rings. The molecule has 0 amide bonds. The summed E-state index contributed by atoms with van der Waals surface area (Å²) in [5.74, 6) is -1.19. The van der Waals surface area contributed by atoms with Gasteiger partial charge in [-0.25, -0.2) is 9.78 Å². The lowest BCUT2D eigenvalue weighted by atomic mass is 10.1. The number of phenolic OH excluding ortho intramolecular Hbond substituents is 1. The molecule has 0 aliphatic carbocycles. The van der Waals surface area contributed by atoms with E-state index in [1.54, 1.807) is 12.1 Å². The van der Waals surface area contributed by atoms with Gasteiger partial charge in [-0.2, -0.15) is 0 Å². The number of para-hydroxylation sites is 1. The Morgan fingerprint density at radius 3 is 2.80 bits per heavy atom. The van der Waals surface area contributed by atoms with Crippen LogP contribution in [0.3, 0.4) is 0 Å². The molecule has 0 saturated carbocycles. The van der Waals surface area contributed by atoms with E-state index in [9.17, 15) is 9.90 Å². The summed E-state index contributed by atoms with van der Waals surface area (Å²) < 4.78 is 0. The number of carboxylic acid groups (broad SMARTS) is 1. The van der Waals surface area contributed by atoms with Crippen molar-refractivity contribution in [2.45, 2.75) is 0 Å². The molecular formula is C10H6ClNO3. The highest BCUT2D eigenvalue weighted by Gasteiger charge is 2.12. The molecule has 2 rings (SSSR count). The number of phenols is 1. The number of hydrogen-bond acceptors (Lipinski definition) is 3. The van der Waals surface area contributed by atoms with Crippen molar-refractivity contribution < 1.29 is 15.0 Å². The lowest BCUT2D eigenvalue weighted by Gasteiger charge is -2.04. The maximum atomic E-state index is 10.9. The highest BCUT2D eigenvalue weighted by Crippen LogP contribution is 2.27. The van der Waals surface area contributed by atoms with Crippen LogP contribution in [0.1, 0.15) is 10.4 Å². The zero-order chi connectivity index (χ0) is 11.0. The van der Waals surface area contributed by atoms with Crippen molar-refractivity contribution in [1.29, 1.82) is 0 Å². The maximum Gasteiger partial charge on any atom is 0.336 e. The first-order chi connectivity index (χ1) is 7.09. The van der Waals surface area contributed by atoms with E-state index in [1.165, 1.54) is 12.1 Å². The van der Waals surface area contributed by atoms with Crippen molar-refractivity contribution in [3.05, 3.63) is 35.0 Å². The van der Waals surface area contributed by atoms with Crippen LogP contribution in [0.25, 0.3) is 10.9 Å². The Morgan fingerprint density at radius 1 is 1.40 bits per heavy atom. The van der Waals surface area contributed by atoms with Crippen LogP contribution in [-0.4, -0.2) is 21.2 Å². The minimum Gasteiger partial charge on any atom is -0.506 e. The Kier molecular flexibility index (Phi) is 2.21. The summed E-state index contributed by atoms with van der Waals surface area (Å²) in [7, 11) is 0. The lowest BCUT2D eigenvalue weighted by Crippen LogP contribution is -1.98. The van der Waals surface area contributed by atoms with Gasteiger partial charge >= 0.3 is 5.97 Å². The van der Waals surface area contributed by atoms with Crippen LogP contribution in [0.15, 0.2) is 24.3 Å². The topological polar surface area (TPSA) is 70.4 Å². The zero-order valence-electron chi connectivity index (χ0n) is 7.44. The monoisotopic (exact) mass is 223 g/mol. The minimum atomic E-state index is -1.10. The van der Waals surface area contributed by atoms with Gasteiger partial charge in [0, 0.05) is 5.39 Å². The summed E-state index contributed by atoms with van der Waals surface area (Å²) >= 11 is 5.65. The maximum absolute atomic E-state index is 10.9. The van der Waals surface area contributed by atoms with Crippen molar-refractivity contribution in [2.24, 2.45) is 0 Å². The van der Waals surface area contributed by atoms with Gasteiger partial charge in [-0.05, 0) is 12.1 Å². The summed E-state index contributed by atoms with van der Waals surface area (Å²) in [6.07, 6.45) is 0. The number of carbonyl (C=O) groups is 1. The van der Waals surface area contributed by atoms with Gasteiger partial charge in [-0.1, -0.05) is 23.7 Å². The number of hydrogen-bond donors (Lipinski definition) is 2. The Balaban J connectivity index is 2.92. The van der Waals surface area contributed by atoms with Crippen molar-refractivity contribution in [2.75, 3.05) is 0 Å². The molecule has 0 aliphatic rings. The van der Waals surface area contributed by atoms with Gasteiger partial charge in [-0.3, -0.25) is 0 Å². The summed E-state index contributed by atoms with van der Waals surface area (Å²) in [5.41, 5.74) is 0.225. The largest absolute Gasteiger partial charge is 0.506 e. The second-order valence-corrected chi connectivity index (χ2v) is 3.36. The SMILES string of the molecule is O=C(O)c1cc(Cl)nc2c(O)cccc12. The van der Waals surface area contributed by atoms with Crippen LogP contribution < -0.4 is 0 Å². The lowest BCUT2D eigenvalue weighted by molar-refractivity contribution is 0.0699. The van der Waals surface area contributed by atoms with E-state index >= 15 is 0 Å². The van der Waals surface area contributed by atoms with Crippen LogP contribution in [0.2, 0.25) is 5.15 Å². The van der Waals surface area contributed by atoms with Gasteiger partial charge in [0.1, 0.15) is 16.4 Å². The molecule has 0 radical (unpaired) electrons. The molecule has 0 saturated heterocycles. The number of fused-ring (bicyclic) bond motifs is 1. The van der Waals surface area contributed by atoms with E-state index in [1.807, 2.05) is 0 Å². The Hall–Kier alpha value is -1.81. The van der Waals surface area contributed by atoms with E-state index in [4.69, 9.17) is 16.7 Å². The molecule has 0 unspecified atom stereocenters. The Bertz CT molecular complexity index is 554. The Morgan fingerprint density at radius 2 is 2.13 bits per heavy atom. The molecule has 2 N–H and O–H groups in total. The molecule has 1 heterocycles. The van der Waals surface area contributed by atoms with Gasteiger partial charge in [-0.15, -0.1) is 0 Å². The van der Waals surface area contributed by atoms with Crippen LogP contribution in [0.4, 0.5) is 0 Å². The standard InChI is InChI=1S/C10H6ClNO3/c11-8-4-6(10(14)15)5-2-1-3-7(13)9(5)12-8/h1-4,13H,(H,14,15). The molecule has 0 bridgehead atoms. The van der Waals surface area contributed by atoms with E-state index in [-0.39, 0.29) is 22.0 Å². The molecule has 15 heavy (non-hydrogen) atoms. The second-order valence-electron chi connectivity index (χ2n) is 2.97. The van der Waals surface area contributed by atoms with Crippen LogP contribution >= 0.6 is 11.6 Å². The highest BCUT2D eigenvalue weighted by molar-refractivity contribution is 6.30. The fourth-order valence-corrected chi connectivity index (χ4v) is 1.57. The van der Waals surface area contributed by atoms with Crippen molar-refractivity contribution in [3.8, 4) is 5.75 Å². The summed E-state index contributed by atoms with van der Waals surface area (Å²) in [6, 6.07) is 5.81. The average Bonchev–Trinajstić information content (AvgIpc) is 2.18. The van der Waals surface area contributed by atoms with Crippen LogP contribution in [-0.2, 0) is 0 Å². The van der Waals surface area contributed by atoms with E-state index in [0.717, 1.165) is 0 Å². The second kappa shape index (κ2) is 3.40. The fraction of sp³-hybridized carbons (Fsp3) is 0. The summed E-state index contributed by atoms with van der Waals surface area (Å²) in [4.78, 5) is 14.8. The van der Waals surface area contributed by atoms with E-state index < -0.39 is 5.97 Å². The predicted octanol–water partition coefficient (Wildman–Crippen LogP) is 2.29. The van der Waals surface area contributed by atoms with Crippen molar-refractivity contribution in [3.63, 3.8) is 0 Å². The smallest absolute Gasteiger partial charge is 0.336 e. The number of halogens is 1. The minimum absolute atomic E-state index is 0.0286. The molecule has 0 atom stereocenters. The van der Waals surface area contributed by atoms with Crippen LogP contribution in [0, 0.1) is 0 Å². The quantitative estimate of drug-likeness (QED) is 0.728. The number of carboxylic acids is 1. The first-order valence-electron chi connectivity index (χ1n) is 4.11. The molecule has 0 spiro atoms. The van der Waals surface area contributed by atoms with Gasteiger partial charge < -0.3 is 10.2 Å². The number of aromatic hydroxyl groups is 1. The Labute approximate surface area is 89.8 Å². The van der Waals surface area contributed by atoms with Gasteiger partial charge in [0.2, 0.25) is 0 Å². The molecule has 1 aromatic heterocycles. The van der Waals surface area contributed by atoms with E-state index in [0.29, 0.717) is 5.39 Å². The van der Waals surface area contributed by atoms with Crippen molar-refractivity contribution >= 4 is 28.5 Å². The third-order valence-electron chi connectivity index (χ3n) is 2.02. The third-order valence-corrected chi connectivity index (χ3v) is 2.21. The summed E-state index contributed by atoms with van der Waals surface area (Å²) in [5, 5.41) is 18.8.